The molecule has 0 aliphatic carbocycles. The maximum atomic E-state index is 12.8. The molecule has 2 heterocycles. The summed E-state index contributed by atoms with van der Waals surface area (Å²) in [6, 6.07) is 9.51. The van der Waals surface area contributed by atoms with Gasteiger partial charge in [-0.3, -0.25) is 14.4 Å². The lowest BCUT2D eigenvalue weighted by Crippen LogP contribution is -2.38. The highest BCUT2D eigenvalue weighted by Gasteiger charge is 2.21. The predicted molar refractivity (Wildman–Crippen MR) is 111 cm³/mol. The van der Waals surface area contributed by atoms with Crippen LogP contribution in [0.15, 0.2) is 36.4 Å². The monoisotopic (exact) mass is 408 g/mol. The molecule has 1 fully saturated rings. The second-order valence-electron chi connectivity index (χ2n) is 7.66. The molecule has 0 aromatic heterocycles. The van der Waals surface area contributed by atoms with Gasteiger partial charge >= 0.3 is 0 Å². The Labute approximate surface area is 174 Å². The highest BCUT2D eigenvalue weighted by atomic mass is 16.5. The third-order valence-electron chi connectivity index (χ3n) is 5.55. The molecule has 0 unspecified atom stereocenters. The number of hydrogen-bond acceptors (Lipinski definition) is 5. The van der Waals surface area contributed by atoms with Crippen LogP contribution in [0, 0.1) is 0 Å². The quantitative estimate of drug-likeness (QED) is 0.586. The first-order valence-corrected chi connectivity index (χ1v) is 10.2. The molecule has 4 rings (SSSR count). The first-order chi connectivity index (χ1) is 14.5. The number of likely N-dealkylation sites (tertiary alicyclic amines) is 1. The van der Waals surface area contributed by atoms with Gasteiger partial charge in [-0.1, -0.05) is 0 Å². The van der Waals surface area contributed by atoms with Crippen LogP contribution in [0.2, 0.25) is 0 Å². The Hall–Kier alpha value is -3.35. The van der Waals surface area contributed by atoms with Gasteiger partial charge in [0.25, 0.3) is 5.91 Å². The third-order valence-corrected chi connectivity index (χ3v) is 5.55. The molecular weight excluding hydrogens is 384 g/mol. The molecule has 0 saturated carbocycles. The van der Waals surface area contributed by atoms with Crippen molar-refractivity contribution in [2.24, 2.45) is 0 Å². The van der Waals surface area contributed by atoms with E-state index < -0.39 is 0 Å². The number of benzene rings is 2. The molecule has 0 bridgehead atoms. The van der Waals surface area contributed by atoms with Crippen LogP contribution < -0.4 is 10.1 Å². The minimum atomic E-state index is -0.355. The Kier molecular flexibility index (Phi) is 5.70. The van der Waals surface area contributed by atoms with Crippen molar-refractivity contribution in [1.82, 2.24) is 4.90 Å². The van der Waals surface area contributed by atoms with Gasteiger partial charge in [-0.15, -0.1) is 0 Å². The Morgan fingerprint density at radius 2 is 1.77 bits per heavy atom. The fourth-order valence-electron chi connectivity index (χ4n) is 3.84. The molecule has 156 valence electrons. The maximum Gasteiger partial charge on any atom is 0.260 e. The summed E-state index contributed by atoms with van der Waals surface area (Å²) in [6.45, 7) is 1.53. The maximum absolute atomic E-state index is 12.8. The summed E-state index contributed by atoms with van der Waals surface area (Å²) >= 11 is 0. The fraction of sp³-hybridized carbons (Fsp3) is 0.348. The van der Waals surface area contributed by atoms with E-state index in [1.807, 2.05) is 4.90 Å². The zero-order valence-corrected chi connectivity index (χ0v) is 16.6. The number of piperidine rings is 1. The molecule has 1 saturated heterocycles. The molecule has 0 radical (unpaired) electrons. The fourth-order valence-corrected chi connectivity index (χ4v) is 3.84. The summed E-state index contributed by atoms with van der Waals surface area (Å²) in [7, 11) is 0. The van der Waals surface area contributed by atoms with Crippen LogP contribution in [-0.4, -0.2) is 47.3 Å². The standard InChI is InChI=1S/C23H24N2O5/c26-20-12-16-6-9-21(27)24-19(16)13-18(20)23(29)15-4-7-17(8-5-15)30-14-22(28)25-10-2-1-3-11-25/h4-5,7-8,12-13,26H,1-3,6,9-11,14H2,(H,24,27). The third kappa shape index (κ3) is 4.30. The van der Waals surface area contributed by atoms with E-state index in [4.69, 9.17) is 4.74 Å². The van der Waals surface area contributed by atoms with Gasteiger partial charge in [-0.25, -0.2) is 0 Å². The first-order valence-electron chi connectivity index (χ1n) is 10.2. The molecule has 0 atom stereocenters. The number of ether oxygens (including phenoxy) is 1. The van der Waals surface area contributed by atoms with E-state index >= 15 is 0 Å². The van der Waals surface area contributed by atoms with Crippen molar-refractivity contribution in [1.29, 1.82) is 0 Å². The molecule has 2 aromatic rings. The number of anilines is 1. The van der Waals surface area contributed by atoms with E-state index in [9.17, 15) is 19.5 Å². The molecule has 2 aliphatic heterocycles. The molecule has 2 amide bonds. The van der Waals surface area contributed by atoms with Gasteiger partial charge < -0.3 is 20.1 Å². The summed E-state index contributed by atoms with van der Waals surface area (Å²) in [5, 5.41) is 13.0. The van der Waals surface area contributed by atoms with Crippen LogP contribution in [0.4, 0.5) is 5.69 Å². The number of ketones is 1. The lowest BCUT2D eigenvalue weighted by atomic mass is 9.96. The van der Waals surface area contributed by atoms with Gasteiger partial charge in [0.1, 0.15) is 11.5 Å². The van der Waals surface area contributed by atoms with E-state index in [1.165, 1.54) is 12.1 Å². The van der Waals surface area contributed by atoms with Crippen LogP contribution >= 0.6 is 0 Å². The van der Waals surface area contributed by atoms with Gasteiger partial charge in [0.15, 0.2) is 12.4 Å². The highest BCUT2D eigenvalue weighted by Crippen LogP contribution is 2.31. The van der Waals surface area contributed by atoms with Gasteiger partial charge in [0.2, 0.25) is 5.91 Å². The summed E-state index contributed by atoms with van der Waals surface area (Å²) < 4.78 is 5.57. The second-order valence-corrected chi connectivity index (χ2v) is 7.66. The number of amides is 2. The largest absolute Gasteiger partial charge is 0.507 e. The minimum absolute atomic E-state index is 0.0292. The van der Waals surface area contributed by atoms with E-state index in [2.05, 4.69) is 5.32 Å². The van der Waals surface area contributed by atoms with Crippen LogP contribution in [0.3, 0.4) is 0 Å². The van der Waals surface area contributed by atoms with Gasteiger partial charge in [0, 0.05) is 30.8 Å². The molecule has 0 spiro atoms. The number of aromatic hydroxyl groups is 1. The average Bonchev–Trinajstić information content (AvgIpc) is 2.78. The number of nitrogens with zero attached hydrogens (tertiary/aromatic N) is 1. The molecule has 2 aromatic carbocycles. The number of nitrogens with one attached hydrogen (secondary N) is 1. The average molecular weight is 408 g/mol. The van der Waals surface area contributed by atoms with Crippen molar-refractivity contribution in [2.75, 3.05) is 25.0 Å². The summed E-state index contributed by atoms with van der Waals surface area (Å²) in [6.07, 6.45) is 4.11. The molecular formula is C23H24N2O5. The Morgan fingerprint density at radius 3 is 2.50 bits per heavy atom. The number of aryl methyl sites for hydroxylation is 1. The number of carbonyl (C=O) groups excluding carboxylic acids is 3. The smallest absolute Gasteiger partial charge is 0.260 e. The van der Waals surface area contributed by atoms with Gasteiger partial charge in [-0.05, 0) is 67.6 Å². The molecule has 2 aliphatic rings. The Bertz CT molecular complexity index is 978. The van der Waals surface area contributed by atoms with E-state index in [0.29, 0.717) is 29.8 Å². The number of fused-ring (bicyclic) bond motifs is 1. The zero-order valence-electron chi connectivity index (χ0n) is 16.6. The SMILES string of the molecule is O=C1CCc2cc(O)c(C(=O)c3ccc(OCC(=O)N4CCCCC4)cc3)cc2N1. The number of rotatable bonds is 5. The predicted octanol–water partition coefficient (Wildman–Crippen LogP) is 2.90. The normalized spacial score (nSPS) is 15.9. The zero-order chi connectivity index (χ0) is 21.1. The van der Waals surface area contributed by atoms with E-state index in [1.54, 1.807) is 24.3 Å². The number of phenols is 1. The van der Waals surface area contributed by atoms with Crippen molar-refractivity contribution in [3.8, 4) is 11.5 Å². The van der Waals surface area contributed by atoms with Crippen molar-refractivity contribution < 1.29 is 24.2 Å². The van der Waals surface area contributed by atoms with Gasteiger partial charge in [-0.2, -0.15) is 0 Å². The number of carbonyl (C=O) groups is 3. The molecule has 30 heavy (non-hydrogen) atoms. The first kappa shape index (κ1) is 19.9. The van der Waals surface area contributed by atoms with E-state index in [-0.39, 0.29) is 35.5 Å². The molecule has 7 heteroatoms. The summed E-state index contributed by atoms with van der Waals surface area (Å²) in [4.78, 5) is 38.5. The van der Waals surface area contributed by atoms with Crippen LogP contribution in [-0.2, 0) is 16.0 Å². The van der Waals surface area contributed by atoms with Crippen molar-refractivity contribution >= 4 is 23.3 Å². The second kappa shape index (κ2) is 8.57. The van der Waals surface area contributed by atoms with Crippen molar-refractivity contribution in [3.05, 3.63) is 53.1 Å². The van der Waals surface area contributed by atoms with Crippen molar-refractivity contribution in [3.63, 3.8) is 0 Å². The van der Waals surface area contributed by atoms with Crippen LogP contribution in [0.25, 0.3) is 0 Å². The summed E-state index contributed by atoms with van der Waals surface area (Å²) in [5.41, 5.74) is 1.88. The van der Waals surface area contributed by atoms with E-state index in [0.717, 1.165) is 37.9 Å². The van der Waals surface area contributed by atoms with Crippen molar-refractivity contribution in [2.45, 2.75) is 32.1 Å². The Morgan fingerprint density at radius 1 is 1.03 bits per heavy atom. The number of phenolic OH excluding ortho intramolecular Hbond substituents is 1. The number of hydrogen-bond donors (Lipinski definition) is 2. The minimum Gasteiger partial charge on any atom is -0.507 e. The lowest BCUT2D eigenvalue weighted by molar-refractivity contribution is -0.134. The molecule has 7 nitrogen and oxygen atoms in total. The lowest BCUT2D eigenvalue weighted by Gasteiger charge is -2.26. The summed E-state index contributed by atoms with van der Waals surface area (Å²) in [5.74, 6) is -0.102. The highest BCUT2D eigenvalue weighted by molar-refractivity contribution is 6.12. The topological polar surface area (TPSA) is 95.9 Å². The van der Waals surface area contributed by atoms with Crippen LogP contribution in [0.5, 0.6) is 11.5 Å². The van der Waals surface area contributed by atoms with Crippen LogP contribution in [0.1, 0.15) is 47.2 Å². The molecule has 2 N–H and O–H groups in total. The van der Waals surface area contributed by atoms with Gasteiger partial charge in [0.05, 0.1) is 5.56 Å². The Balaban J connectivity index is 1.42.